The zero-order valence-corrected chi connectivity index (χ0v) is 30.8. The van der Waals surface area contributed by atoms with E-state index in [0.717, 1.165) is 66.4 Å². The van der Waals surface area contributed by atoms with Gasteiger partial charge >= 0.3 is 0 Å². The summed E-state index contributed by atoms with van der Waals surface area (Å²) in [5, 5.41) is 7.08. The van der Waals surface area contributed by atoms with Crippen molar-refractivity contribution in [3.8, 4) is 39.6 Å². The Morgan fingerprint density at radius 3 is 1.25 bits per heavy atom. The molecule has 4 aromatic heterocycles. The first-order chi connectivity index (χ1) is 28.3. The number of hydrogen-bond acceptors (Lipinski definition) is 2. The number of aromatic nitrogens is 5. The molecule has 57 heavy (non-hydrogen) atoms. The van der Waals surface area contributed by atoms with Gasteiger partial charge < -0.3 is 0 Å². The van der Waals surface area contributed by atoms with Gasteiger partial charge in [-0.15, -0.1) is 0 Å². The molecule has 0 aliphatic heterocycles. The molecular weight excluding hydrogens is 695 g/mol. The summed E-state index contributed by atoms with van der Waals surface area (Å²) in [4.78, 5) is 10.9. The van der Waals surface area contributed by atoms with Gasteiger partial charge in [0.25, 0.3) is 0 Å². The molecule has 0 atom stereocenters. The SMILES string of the molecule is c1ccc(-c2ccc(-c3cc(-c4ccccc4)nc(-n4c5ccccc5c5ccc6c7ccccc7n(-n7c8ccccc8c8ccccc87)c6c54)n3)cc2)cc1. The van der Waals surface area contributed by atoms with E-state index in [2.05, 4.69) is 208 Å². The van der Waals surface area contributed by atoms with E-state index in [9.17, 15) is 0 Å². The third kappa shape index (κ3) is 4.76. The van der Waals surface area contributed by atoms with Gasteiger partial charge in [0.15, 0.2) is 0 Å². The van der Waals surface area contributed by atoms with Gasteiger partial charge in [0.05, 0.1) is 44.5 Å². The standard InChI is InChI=1S/C52H33N5/c1-3-15-34(16-4-1)35-27-29-37(30-28-35)45-33-44(36-17-5-2-6-18-36)53-52(54-45)55-46-23-11-7-21-40(46)42-31-32-43-41-22-10-14-26-49(41)57(51(43)50(42)55)56-47-24-12-8-19-38(47)39-20-9-13-25-48(39)56/h1-33H. The molecule has 5 nitrogen and oxygen atoms in total. The van der Waals surface area contributed by atoms with Crippen LogP contribution in [0.15, 0.2) is 200 Å². The van der Waals surface area contributed by atoms with E-state index in [1.54, 1.807) is 0 Å². The Kier molecular flexibility index (Phi) is 6.86. The van der Waals surface area contributed by atoms with E-state index >= 15 is 0 Å². The Morgan fingerprint density at radius 1 is 0.281 bits per heavy atom. The fourth-order valence-electron chi connectivity index (χ4n) is 8.91. The summed E-state index contributed by atoms with van der Waals surface area (Å²) >= 11 is 0. The molecule has 0 radical (unpaired) electrons. The number of benzene rings is 8. The number of fused-ring (bicyclic) bond motifs is 10. The number of rotatable bonds is 5. The maximum absolute atomic E-state index is 5.46. The molecule has 5 heteroatoms. The van der Waals surface area contributed by atoms with Crippen LogP contribution >= 0.6 is 0 Å². The molecule has 12 aromatic rings. The van der Waals surface area contributed by atoms with Gasteiger partial charge in [-0.2, -0.15) is 0 Å². The Morgan fingerprint density at radius 2 is 0.667 bits per heavy atom. The molecule has 0 bridgehead atoms. The van der Waals surface area contributed by atoms with Gasteiger partial charge in [-0.1, -0.05) is 170 Å². The number of hydrogen-bond donors (Lipinski definition) is 0. The molecule has 0 saturated heterocycles. The monoisotopic (exact) mass is 727 g/mol. The fourth-order valence-corrected chi connectivity index (χ4v) is 8.91. The lowest BCUT2D eigenvalue weighted by molar-refractivity contribution is 0.775. The molecule has 0 unspecified atom stereocenters. The summed E-state index contributed by atoms with van der Waals surface area (Å²) in [7, 11) is 0. The van der Waals surface area contributed by atoms with Crippen molar-refractivity contribution in [2.45, 2.75) is 0 Å². The van der Waals surface area contributed by atoms with Crippen LogP contribution in [0.2, 0.25) is 0 Å². The molecule has 0 saturated carbocycles. The predicted molar refractivity (Wildman–Crippen MR) is 236 cm³/mol. The molecule has 0 N–H and O–H groups in total. The summed E-state index contributed by atoms with van der Waals surface area (Å²) in [6.07, 6.45) is 0. The lowest BCUT2D eigenvalue weighted by atomic mass is 10.0. The van der Waals surface area contributed by atoms with E-state index < -0.39 is 0 Å². The van der Waals surface area contributed by atoms with Crippen molar-refractivity contribution in [2.24, 2.45) is 0 Å². The summed E-state index contributed by atoms with van der Waals surface area (Å²) < 4.78 is 7.12. The van der Waals surface area contributed by atoms with Crippen molar-refractivity contribution < 1.29 is 0 Å². The molecule has 0 spiro atoms. The predicted octanol–water partition coefficient (Wildman–Crippen LogP) is 13.1. The summed E-state index contributed by atoms with van der Waals surface area (Å²) in [6, 6.07) is 71.2. The number of nitrogens with zero attached hydrogens (tertiary/aromatic N) is 5. The van der Waals surface area contributed by atoms with Crippen LogP contribution in [-0.4, -0.2) is 23.9 Å². The van der Waals surface area contributed by atoms with E-state index in [1.807, 2.05) is 6.07 Å². The molecule has 0 fully saturated rings. The number of para-hydroxylation sites is 4. The molecule has 0 amide bonds. The molecule has 8 aromatic carbocycles. The summed E-state index contributed by atoms with van der Waals surface area (Å²) in [6.45, 7) is 0. The normalized spacial score (nSPS) is 11.9. The molecule has 266 valence electrons. The minimum Gasteiger partial charge on any atom is -0.276 e. The highest BCUT2D eigenvalue weighted by molar-refractivity contribution is 6.23. The Labute approximate surface area is 327 Å². The minimum absolute atomic E-state index is 0.621. The highest BCUT2D eigenvalue weighted by Crippen LogP contribution is 2.42. The maximum atomic E-state index is 5.46. The topological polar surface area (TPSA) is 40.6 Å². The maximum Gasteiger partial charge on any atom is 0.235 e. The smallest absolute Gasteiger partial charge is 0.235 e. The zero-order chi connectivity index (χ0) is 37.5. The van der Waals surface area contributed by atoms with Gasteiger partial charge in [-0.25, -0.2) is 19.3 Å². The van der Waals surface area contributed by atoms with Crippen molar-refractivity contribution in [1.29, 1.82) is 0 Å². The minimum atomic E-state index is 0.621. The lowest BCUT2D eigenvalue weighted by Crippen LogP contribution is -2.10. The Balaban J connectivity index is 1.21. The summed E-state index contributed by atoms with van der Waals surface area (Å²) in [5.74, 6) is 0.621. The third-order valence-electron chi connectivity index (χ3n) is 11.5. The van der Waals surface area contributed by atoms with Gasteiger partial charge in [0.1, 0.15) is 0 Å². The Hall–Kier alpha value is -7.76. The first-order valence-corrected chi connectivity index (χ1v) is 19.3. The first-order valence-electron chi connectivity index (χ1n) is 19.3. The van der Waals surface area contributed by atoms with Crippen molar-refractivity contribution >= 4 is 65.4 Å². The van der Waals surface area contributed by atoms with Crippen LogP contribution < -0.4 is 0 Å². The first kappa shape index (κ1) is 31.6. The van der Waals surface area contributed by atoms with Crippen LogP contribution in [-0.2, 0) is 0 Å². The highest BCUT2D eigenvalue weighted by atomic mass is 15.5. The van der Waals surface area contributed by atoms with Crippen LogP contribution in [0.25, 0.3) is 105 Å². The van der Waals surface area contributed by atoms with Gasteiger partial charge in [-0.05, 0) is 41.5 Å². The Bertz CT molecular complexity index is 3450. The van der Waals surface area contributed by atoms with Crippen LogP contribution in [0.1, 0.15) is 0 Å². The van der Waals surface area contributed by atoms with E-state index in [0.29, 0.717) is 5.95 Å². The van der Waals surface area contributed by atoms with E-state index in [4.69, 9.17) is 9.97 Å². The largest absolute Gasteiger partial charge is 0.276 e. The average molecular weight is 728 g/mol. The van der Waals surface area contributed by atoms with Gasteiger partial charge in [0.2, 0.25) is 5.95 Å². The summed E-state index contributed by atoms with van der Waals surface area (Å²) in [5.41, 5.74) is 12.8. The van der Waals surface area contributed by atoms with Crippen molar-refractivity contribution in [2.75, 3.05) is 0 Å². The van der Waals surface area contributed by atoms with Gasteiger partial charge in [0, 0.05) is 43.4 Å². The second-order valence-corrected chi connectivity index (χ2v) is 14.6. The van der Waals surface area contributed by atoms with Crippen LogP contribution in [0.5, 0.6) is 0 Å². The second-order valence-electron chi connectivity index (χ2n) is 14.6. The van der Waals surface area contributed by atoms with E-state index in [1.165, 1.54) is 32.7 Å². The zero-order valence-electron chi connectivity index (χ0n) is 30.8. The molecule has 12 rings (SSSR count). The molecular formula is C52H33N5. The molecule has 0 aliphatic carbocycles. The van der Waals surface area contributed by atoms with Crippen LogP contribution in [0.3, 0.4) is 0 Å². The molecule has 4 heterocycles. The lowest BCUT2D eigenvalue weighted by Gasteiger charge is -2.16. The second kappa shape index (κ2) is 12.4. The van der Waals surface area contributed by atoms with Crippen LogP contribution in [0.4, 0.5) is 0 Å². The van der Waals surface area contributed by atoms with Crippen molar-refractivity contribution in [3.05, 3.63) is 200 Å². The van der Waals surface area contributed by atoms with Crippen molar-refractivity contribution in [3.63, 3.8) is 0 Å². The molecule has 0 aliphatic rings. The van der Waals surface area contributed by atoms with Crippen LogP contribution in [0, 0.1) is 0 Å². The fraction of sp³-hybridized carbons (Fsp3) is 0. The van der Waals surface area contributed by atoms with E-state index in [-0.39, 0.29) is 0 Å². The third-order valence-corrected chi connectivity index (χ3v) is 11.5. The van der Waals surface area contributed by atoms with Gasteiger partial charge in [-0.3, -0.25) is 4.57 Å². The quantitative estimate of drug-likeness (QED) is 0.177. The van der Waals surface area contributed by atoms with Crippen molar-refractivity contribution in [1.82, 2.24) is 23.9 Å². The average Bonchev–Trinajstić information content (AvgIpc) is 3.92. The highest BCUT2D eigenvalue weighted by Gasteiger charge is 2.24.